The van der Waals surface area contributed by atoms with Gasteiger partial charge < -0.3 is 5.32 Å². The van der Waals surface area contributed by atoms with Crippen LogP contribution >= 0.6 is 11.6 Å². The number of aryl methyl sites for hydroxylation is 1. The topological polar surface area (TPSA) is 107 Å². The van der Waals surface area contributed by atoms with Crippen molar-refractivity contribution in [1.29, 1.82) is 0 Å². The minimum atomic E-state index is 0.304. The Labute approximate surface area is 109 Å². The first-order chi connectivity index (χ1) is 8.69. The maximum absolute atomic E-state index is 5.95. The molecule has 2 aromatic heterocycles. The van der Waals surface area contributed by atoms with Crippen LogP contribution in [0.3, 0.4) is 0 Å². The Balaban J connectivity index is 1.93. The Bertz CT molecular complexity index is 525. The molecule has 0 spiro atoms. The van der Waals surface area contributed by atoms with Crippen LogP contribution in [0.1, 0.15) is 5.82 Å². The molecule has 0 unspecified atom stereocenters. The third-order valence-electron chi connectivity index (χ3n) is 2.16. The van der Waals surface area contributed by atoms with Gasteiger partial charge in [0.15, 0.2) is 11.6 Å². The van der Waals surface area contributed by atoms with Crippen LogP contribution in [-0.2, 0) is 13.5 Å². The van der Waals surface area contributed by atoms with Crippen molar-refractivity contribution in [3.63, 3.8) is 0 Å². The summed E-state index contributed by atoms with van der Waals surface area (Å²) in [6, 6.07) is 0. The van der Waals surface area contributed by atoms with Crippen LogP contribution in [0.5, 0.6) is 0 Å². The van der Waals surface area contributed by atoms with Crippen LogP contribution in [0.15, 0.2) is 12.5 Å². The number of nitrogens with two attached hydrogens (primary N) is 1. The predicted octanol–water partition coefficient (Wildman–Crippen LogP) is 0.199. The quantitative estimate of drug-likeness (QED) is 0.525. The number of hydrogen-bond acceptors (Lipinski definition) is 7. The van der Waals surface area contributed by atoms with Crippen molar-refractivity contribution in [2.45, 2.75) is 6.42 Å². The molecule has 0 saturated heterocycles. The molecule has 8 nitrogen and oxygen atoms in total. The van der Waals surface area contributed by atoms with Crippen molar-refractivity contribution in [1.82, 2.24) is 24.7 Å². The highest BCUT2D eigenvalue weighted by molar-refractivity contribution is 6.32. The molecule has 2 rings (SSSR count). The number of rotatable bonds is 5. The Morgan fingerprint density at radius 2 is 2.28 bits per heavy atom. The number of nitrogens with zero attached hydrogens (tertiary/aromatic N) is 5. The van der Waals surface area contributed by atoms with Crippen LogP contribution in [0.4, 0.5) is 11.8 Å². The molecule has 0 aliphatic rings. The number of nitrogens with one attached hydrogen (secondary N) is 2. The highest BCUT2D eigenvalue weighted by Gasteiger charge is 2.05. The molecule has 0 aliphatic heterocycles. The summed E-state index contributed by atoms with van der Waals surface area (Å²) < 4.78 is 1.66. The molecule has 0 bridgehead atoms. The van der Waals surface area contributed by atoms with Gasteiger partial charge in [-0.25, -0.2) is 15.8 Å². The van der Waals surface area contributed by atoms with E-state index >= 15 is 0 Å². The summed E-state index contributed by atoms with van der Waals surface area (Å²) in [4.78, 5) is 12.1. The zero-order valence-corrected chi connectivity index (χ0v) is 10.5. The summed E-state index contributed by atoms with van der Waals surface area (Å²) in [6.07, 6.45) is 3.81. The number of hydrogen-bond donors (Lipinski definition) is 3. The first kappa shape index (κ1) is 12.5. The lowest BCUT2D eigenvalue weighted by Gasteiger charge is -2.07. The predicted molar refractivity (Wildman–Crippen MR) is 68.0 cm³/mol. The fraction of sp³-hybridized carbons (Fsp3) is 0.333. The Morgan fingerprint density at radius 3 is 2.94 bits per heavy atom. The molecule has 2 aromatic rings. The van der Waals surface area contributed by atoms with E-state index in [1.807, 2.05) is 7.05 Å². The fourth-order valence-corrected chi connectivity index (χ4v) is 1.51. The van der Waals surface area contributed by atoms with Crippen LogP contribution in [0.25, 0.3) is 0 Å². The van der Waals surface area contributed by atoms with Crippen LogP contribution in [-0.4, -0.2) is 31.3 Å². The second kappa shape index (κ2) is 5.61. The molecule has 0 saturated carbocycles. The fourth-order valence-electron chi connectivity index (χ4n) is 1.35. The lowest BCUT2D eigenvalue weighted by Crippen LogP contribution is -2.13. The Kier molecular flexibility index (Phi) is 3.90. The number of aromatic nitrogens is 5. The maximum atomic E-state index is 5.95. The van der Waals surface area contributed by atoms with E-state index in [4.69, 9.17) is 17.4 Å². The molecule has 0 atom stereocenters. The van der Waals surface area contributed by atoms with Gasteiger partial charge in [0.2, 0.25) is 5.95 Å². The zero-order valence-electron chi connectivity index (χ0n) is 9.76. The highest BCUT2D eigenvalue weighted by atomic mass is 35.5. The van der Waals surface area contributed by atoms with Gasteiger partial charge in [-0.05, 0) is 0 Å². The van der Waals surface area contributed by atoms with Gasteiger partial charge in [-0.3, -0.25) is 10.1 Å². The minimum Gasteiger partial charge on any atom is -0.368 e. The number of nitrogen functional groups attached to an aromatic ring is 1. The molecule has 96 valence electrons. The standard InChI is InChI=1S/C9H13ClN8/c1-18-5-14-7(17-18)2-3-12-8-6(10)4-13-9(15-8)16-11/h4-5H,2-3,11H2,1H3,(H2,12,13,15,16). The third kappa shape index (κ3) is 3.05. The van der Waals surface area contributed by atoms with E-state index in [0.29, 0.717) is 29.8 Å². The van der Waals surface area contributed by atoms with Crippen LogP contribution in [0.2, 0.25) is 5.02 Å². The number of hydrazine groups is 1. The largest absolute Gasteiger partial charge is 0.368 e. The average Bonchev–Trinajstić information content (AvgIpc) is 2.77. The molecular formula is C9H13ClN8. The van der Waals surface area contributed by atoms with Crippen LogP contribution < -0.4 is 16.6 Å². The second-order valence-corrected chi connectivity index (χ2v) is 3.95. The van der Waals surface area contributed by atoms with Crippen molar-refractivity contribution in [2.24, 2.45) is 12.9 Å². The summed E-state index contributed by atoms with van der Waals surface area (Å²) in [5.41, 5.74) is 2.36. The number of anilines is 2. The molecular weight excluding hydrogens is 256 g/mol. The maximum Gasteiger partial charge on any atom is 0.239 e. The van der Waals surface area contributed by atoms with E-state index in [1.54, 1.807) is 11.0 Å². The lowest BCUT2D eigenvalue weighted by molar-refractivity contribution is 0.741. The SMILES string of the molecule is Cn1cnc(CCNc2nc(NN)ncc2Cl)n1. The smallest absolute Gasteiger partial charge is 0.239 e. The molecule has 0 amide bonds. The third-order valence-corrected chi connectivity index (χ3v) is 2.44. The highest BCUT2D eigenvalue weighted by Crippen LogP contribution is 2.18. The summed E-state index contributed by atoms with van der Waals surface area (Å²) >= 11 is 5.95. The van der Waals surface area contributed by atoms with E-state index in [9.17, 15) is 0 Å². The van der Waals surface area contributed by atoms with E-state index < -0.39 is 0 Å². The van der Waals surface area contributed by atoms with Gasteiger partial charge in [0.25, 0.3) is 0 Å². The van der Waals surface area contributed by atoms with Crippen molar-refractivity contribution in [3.05, 3.63) is 23.4 Å². The second-order valence-electron chi connectivity index (χ2n) is 3.55. The van der Waals surface area contributed by atoms with Gasteiger partial charge in [-0.2, -0.15) is 10.1 Å². The zero-order chi connectivity index (χ0) is 13.0. The molecule has 2 heterocycles. The molecule has 0 radical (unpaired) electrons. The normalized spacial score (nSPS) is 10.4. The van der Waals surface area contributed by atoms with Crippen molar-refractivity contribution in [3.8, 4) is 0 Å². The summed E-state index contributed by atoms with van der Waals surface area (Å²) in [6.45, 7) is 0.616. The van der Waals surface area contributed by atoms with Gasteiger partial charge in [-0.1, -0.05) is 11.6 Å². The Hall–Kier alpha value is -1.93. The van der Waals surface area contributed by atoms with Gasteiger partial charge >= 0.3 is 0 Å². The minimum absolute atomic E-state index is 0.304. The molecule has 18 heavy (non-hydrogen) atoms. The van der Waals surface area contributed by atoms with E-state index in [-0.39, 0.29) is 0 Å². The molecule has 4 N–H and O–H groups in total. The summed E-state index contributed by atoms with van der Waals surface area (Å²) in [5.74, 6) is 6.81. The van der Waals surface area contributed by atoms with Crippen molar-refractivity contribution < 1.29 is 0 Å². The molecule has 0 aliphatic carbocycles. The number of halogens is 1. The van der Waals surface area contributed by atoms with E-state index in [2.05, 4.69) is 30.8 Å². The van der Waals surface area contributed by atoms with Crippen molar-refractivity contribution in [2.75, 3.05) is 17.3 Å². The first-order valence-corrected chi connectivity index (χ1v) is 5.64. The van der Waals surface area contributed by atoms with E-state index in [1.165, 1.54) is 6.20 Å². The summed E-state index contributed by atoms with van der Waals surface area (Å²) in [5, 5.41) is 7.68. The monoisotopic (exact) mass is 268 g/mol. The van der Waals surface area contributed by atoms with Gasteiger partial charge in [0.1, 0.15) is 11.3 Å². The van der Waals surface area contributed by atoms with Gasteiger partial charge in [-0.15, -0.1) is 0 Å². The van der Waals surface area contributed by atoms with Gasteiger partial charge in [0.05, 0.1) is 6.20 Å². The molecule has 0 aromatic carbocycles. The first-order valence-electron chi connectivity index (χ1n) is 5.26. The van der Waals surface area contributed by atoms with Gasteiger partial charge in [0, 0.05) is 20.0 Å². The molecule has 0 fully saturated rings. The van der Waals surface area contributed by atoms with E-state index in [0.717, 1.165) is 5.82 Å². The molecule has 9 heteroatoms. The summed E-state index contributed by atoms with van der Waals surface area (Å²) in [7, 11) is 1.82. The van der Waals surface area contributed by atoms with Crippen molar-refractivity contribution >= 4 is 23.4 Å². The Morgan fingerprint density at radius 1 is 1.44 bits per heavy atom. The lowest BCUT2D eigenvalue weighted by atomic mass is 10.4. The van der Waals surface area contributed by atoms with Crippen LogP contribution in [0, 0.1) is 0 Å². The average molecular weight is 269 g/mol.